The second-order valence-corrected chi connectivity index (χ2v) is 9.34. The van der Waals surface area contributed by atoms with E-state index in [1.807, 2.05) is 48.5 Å². The van der Waals surface area contributed by atoms with Gasteiger partial charge >= 0.3 is 0 Å². The number of aliphatic hydroxyl groups excluding tert-OH is 1. The van der Waals surface area contributed by atoms with Crippen LogP contribution in [0.1, 0.15) is 74.4 Å². The lowest BCUT2D eigenvalue weighted by Crippen LogP contribution is -2.34. The average molecular weight is 388 g/mol. The first-order chi connectivity index (χ1) is 12.9. The summed E-state index contributed by atoms with van der Waals surface area (Å²) in [5.74, 6) is 0.0563. The van der Waals surface area contributed by atoms with Gasteiger partial charge in [-0.05, 0) is 29.9 Å². The van der Waals surface area contributed by atoms with Gasteiger partial charge in [-0.2, -0.15) is 0 Å². The van der Waals surface area contributed by atoms with E-state index in [1.165, 1.54) is 0 Å². The van der Waals surface area contributed by atoms with Crippen molar-refractivity contribution in [1.29, 1.82) is 0 Å². The SMILES string of the molecule is Cc1[nH]cnc1CN(CCO)C(=O)c1cc(C(C)(C)C)c(O)c(C(C)(C)C)c1. The normalized spacial score (nSPS) is 12.3. The van der Waals surface area contributed by atoms with E-state index in [1.54, 1.807) is 23.4 Å². The van der Waals surface area contributed by atoms with Gasteiger partial charge in [0.25, 0.3) is 5.91 Å². The molecule has 0 aliphatic heterocycles. The van der Waals surface area contributed by atoms with Crippen molar-refractivity contribution in [2.75, 3.05) is 13.2 Å². The highest BCUT2D eigenvalue weighted by molar-refractivity contribution is 5.95. The van der Waals surface area contributed by atoms with Crippen LogP contribution in [0.5, 0.6) is 5.75 Å². The fraction of sp³-hybridized carbons (Fsp3) is 0.545. The van der Waals surface area contributed by atoms with Crippen molar-refractivity contribution in [3.8, 4) is 5.75 Å². The molecule has 0 unspecified atom stereocenters. The van der Waals surface area contributed by atoms with E-state index in [-0.39, 0.29) is 35.6 Å². The number of nitrogens with zero attached hydrogens (tertiary/aromatic N) is 2. The van der Waals surface area contributed by atoms with Gasteiger partial charge < -0.3 is 20.1 Å². The number of nitrogens with one attached hydrogen (secondary N) is 1. The molecule has 0 aliphatic rings. The molecule has 2 aromatic rings. The van der Waals surface area contributed by atoms with Crippen molar-refractivity contribution in [3.63, 3.8) is 0 Å². The molecule has 0 bridgehead atoms. The molecule has 0 saturated heterocycles. The van der Waals surface area contributed by atoms with Crippen LogP contribution in [-0.2, 0) is 17.4 Å². The maximum atomic E-state index is 13.3. The largest absolute Gasteiger partial charge is 0.507 e. The highest BCUT2D eigenvalue weighted by Crippen LogP contribution is 2.40. The number of hydrogen-bond acceptors (Lipinski definition) is 4. The molecule has 0 aliphatic carbocycles. The van der Waals surface area contributed by atoms with Gasteiger partial charge in [0, 0.05) is 28.9 Å². The van der Waals surface area contributed by atoms with Crippen LogP contribution in [-0.4, -0.2) is 44.1 Å². The maximum absolute atomic E-state index is 13.3. The number of imidazole rings is 1. The zero-order valence-electron chi connectivity index (χ0n) is 18.1. The van der Waals surface area contributed by atoms with Crippen LogP contribution >= 0.6 is 0 Å². The zero-order chi connectivity index (χ0) is 21.3. The summed E-state index contributed by atoms with van der Waals surface area (Å²) < 4.78 is 0. The van der Waals surface area contributed by atoms with Gasteiger partial charge in [0.15, 0.2) is 0 Å². The first kappa shape index (κ1) is 22.0. The van der Waals surface area contributed by atoms with Crippen LogP contribution in [0.25, 0.3) is 0 Å². The quantitative estimate of drug-likeness (QED) is 0.730. The van der Waals surface area contributed by atoms with Crippen molar-refractivity contribution in [2.45, 2.75) is 65.8 Å². The third-order valence-corrected chi connectivity index (χ3v) is 4.90. The number of aromatic hydroxyl groups is 1. The monoisotopic (exact) mass is 387 g/mol. The summed E-state index contributed by atoms with van der Waals surface area (Å²) in [6, 6.07) is 3.55. The molecule has 0 spiro atoms. The Morgan fingerprint density at radius 3 is 2.04 bits per heavy atom. The molecular weight excluding hydrogens is 354 g/mol. The minimum atomic E-state index is -0.318. The summed E-state index contributed by atoms with van der Waals surface area (Å²) in [6.07, 6.45) is 1.60. The molecule has 1 heterocycles. The fourth-order valence-electron chi connectivity index (χ4n) is 3.18. The third-order valence-electron chi connectivity index (χ3n) is 4.90. The molecule has 0 atom stereocenters. The number of H-pyrrole nitrogens is 1. The van der Waals surface area contributed by atoms with Gasteiger partial charge in [-0.1, -0.05) is 41.5 Å². The summed E-state index contributed by atoms with van der Waals surface area (Å²) in [7, 11) is 0. The molecule has 1 aromatic carbocycles. The van der Waals surface area contributed by atoms with E-state index in [0.717, 1.165) is 22.5 Å². The van der Waals surface area contributed by atoms with Gasteiger partial charge in [0.1, 0.15) is 5.75 Å². The lowest BCUT2D eigenvalue weighted by atomic mass is 9.78. The number of aryl methyl sites for hydroxylation is 1. The van der Waals surface area contributed by atoms with Crippen LogP contribution in [0.3, 0.4) is 0 Å². The van der Waals surface area contributed by atoms with Crippen molar-refractivity contribution in [2.24, 2.45) is 0 Å². The number of aromatic nitrogens is 2. The molecule has 0 fully saturated rings. The number of aromatic amines is 1. The first-order valence-corrected chi connectivity index (χ1v) is 9.63. The third kappa shape index (κ3) is 4.73. The molecular formula is C22H33N3O3. The number of carbonyl (C=O) groups is 1. The number of rotatable bonds is 5. The Bertz CT molecular complexity index is 806. The van der Waals surface area contributed by atoms with E-state index >= 15 is 0 Å². The average Bonchev–Trinajstić information content (AvgIpc) is 2.97. The molecule has 28 heavy (non-hydrogen) atoms. The Morgan fingerprint density at radius 2 is 1.64 bits per heavy atom. The van der Waals surface area contributed by atoms with E-state index < -0.39 is 0 Å². The minimum Gasteiger partial charge on any atom is -0.507 e. The summed E-state index contributed by atoms with van der Waals surface area (Å²) in [6.45, 7) is 14.4. The number of hydrogen-bond donors (Lipinski definition) is 3. The van der Waals surface area contributed by atoms with E-state index in [2.05, 4.69) is 9.97 Å². The standard InChI is InChI=1S/C22H33N3O3/c1-14-18(24-13-23-14)12-25(8-9-26)20(28)15-10-16(21(2,3)4)19(27)17(11-15)22(5,6)7/h10-11,13,26-27H,8-9,12H2,1-7H3,(H,23,24). The lowest BCUT2D eigenvalue weighted by Gasteiger charge is -2.29. The molecule has 154 valence electrons. The first-order valence-electron chi connectivity index (χ1n) is 9.63. The molecule has 6 nitrogen and oxygen atoms in total. The Balaban J connectivity index is 2.54. The van der Waals surface area contributed by atoms with Crippen molar-refractivity contribution in [1.82, 2.24) is 14.9 Å². The molecule has 0 radical (unpaired) electrons. The summed E-state index contributed by atoms with van der Waals surface area (Å²) in [5.41, 5.74) is 3.02. The maximum Gasteiger partial charge on any atom is 0.254 e. The van der Waals surface area contributed by atoms with Gasteiger partial charge in [0.05, 0.1) is 25.2 Å². The van der Waals surface area contributed by atoms with Crippen LogP contribution in [0.4, 0.5) is 0 Å². The van der Waals surface area contributed by atoms with Gasteiger partial charge in [-0.3, -0.25) is 4.79 Å². The van der Waals surface area contributed by atoms with Gasteiger partial charge in [-0.25, -0.2) is 4.98 Å². The molecule has 1 aromatic heterocycles. The van der Waals surface area contributed by atoms with Crippen molar-refractivity contribution in [3.05, 3.63) is 46.5 Å². The number of phenols is 1. The van der Waals surface area contributed by atoms with Crippen LogP contribution < -0.4 is 0 Å². The minimum absolute atomic E-state index is 0.133. The second-order valence-electron chi connectivity index (χ2n) is 9.34. The van der Waals surface area contributed by atoms with Gasteiger partial charge in [0.2, 0.25) is 0 Å². The van der Waals surface area contributed by atoms with Gasteiger partial charge in [-0.15, -0.1) is 0 Å². The molecule has 3 N–H and O–H groups in total. The lowest BCUT2D eigenvalue weighted by molar-refractivity contribution is 0.0705. The van der Waals surface area contributed by atoms with Crippen LogP contribution in [0.15, 0.2) is 18.5 Å². The molecule has 2 rings (SSSR count). The van der Waals surface area contributed by atoms with Crippen LogP contribution in [0.2, 0.25) is 0 Å². The van der Waals surface area contributed by atoms with E-state index in [9.17, 15) is 15.0 Å². The Morgan fingerprint density at radius 1 is 1.11 bits per heavy atom. The summed E-state index contributed by atoms with van der Waals surface area (Å²) in [4.78, 5) is 22.2. The highest BCUT2D eigenvalue weighted by atomic mass is 16.3. The van der Waals surface area contributed by atoms with E-state index in [4.69, 9.17) is 0 Å². The number of carbonyl (C=O) groups excluding carboxylic acids is 1. The predicted molar refractivity (Wildman–Crippen MR) is 111 cm³/mol. The molecule has 6 heteroatoms. The van der Waals surface area contributed by atoms with E-state index in [0.29, 0.717) is 12.1 Å². The Labute approximate surface area is 167 Å². The Hall–Kier alpha value is -2.34. The number of aliphatic hydroxyl groups is 1. The zero-order valence-corrected chi connectivity index (χ0v) is 18.1. The Kier molecular flexibility index (Phi) is 6.24. The second kappa shape index (κ2) is 7.95. The summed E-state index contributed by atoms with van der Waals surface area (Å²) in [5, 5.41) is 20.4. The number of phenolic OH excluding ortho intramolecular Hbond substituents is 1. The smallest absolute Gasteiger partial charge is 0.254 e. The topological polar surface area (TPSA) is 89.5 Å². The molecule has 0 saturated carbocycles. The number of benzene rings is 1. The van der Waals surface area contributed by atoms with Crippen molar-refractivity contribution < 1.29 is 15.0 Å². The fourth-order valence-corrected chi connectivity index (χ4v) is 3.18. The highest BCUT2D eigenvalue weighted by Gasteiger charge is 2.29. The predicted octanol–water partition coefficient (Wildman–Crippen LogP) is 3.65. The number of amides is 1. The molecule has 1 amide bonds. The van der Waals surface area contributed by atoms with Crippen molar-refractivity contribution >= 4 is 5.91 Å². The summed E-state index contributed by atoms with van der Waals surface area (Å²) >= 11 is 0. The van der Waals surface area contributed by atoms with Crippen LogP contribution in [0, 0.1) is 6.92 Å².